The van der Waals surface area contributed by atoms with Crippen molar-refractivity contribution in [3.05, 3.63) is 25.3 Å². The van der Waals surface area contributed by atoms with Gasteiger partial charge in [-0.3, -0.25) is 26.6 Å². The van der Waals surface area contributed by atoms with Crippen molar-refractivity contribution < 1.29 is 31.6 Å². The minimum atomic E-state index is -0.400. The van der Waals surface area contributed by atoms with E-state index in [4.69, 9.17) is 13.2 Å². The third-order valence-electron chi connectivity index (χ3n) is 7.71. The van der Waals surface area contributed by atoms with Crippen LogP contribution >= 0.6 is 0 Å². The van der Waals surface area contributed by atoms with Crippen molar-refractivity contribution in [1.82, 2.24) is 20.9 Å². The second kappa shape index (κ2) is 35.4. The monoisotopic (exact) mass is 1190 g/mol. The van der Waals surface area contributed by atoms with Crippen LogP contribution in [-0.4, -0.2) is 106 Å². The third kappa shape index (κ3) is 38.6. The molecule has 0 saturated carbocycles. The van der Waals surface area contributed by atoms with E-state index in [1.54, 1.807) is 12.2 Å². The Morgan fingerprint density at radius 3 is 1.57 bits per heavy atom. The molecule has 4 N–H and O–H groups in total. The molecule has 2 amide bonds. The van der Waals surface area contributed by atoms with Crippen LogP contribution in [0.5, 0.6) is 0 Å². The largest absolute Gasteiger partial charge is 1.00 e. The molecule has 0 spiro atoms. The van der Waals surface area contributed by atoms with Gasteiger partial charge >= 0.3 is 0 Å². The number of hydrogen-bond donors (Lipinski definition) is 4. The van der Waals surface area contributed by atoms with Crippen LogP contribution < -0.4 is 28.4 Å². The molecule has 0 heterocycles. The summed E-state index contributed by atoms with van der Waals surface area (Å²) in [5, 5.41) is 20.3. The summed E-state index contributed by atoms with van der Waals surface area (Å²) in [7, 11) is 6.28. The molecule has 11 heteroatoms. The summed E-state index contributed by atoms with van der Waals surface area (Å²) >= 11 is 0. The summed E-state index contributed by atoms with van der Waals surface area (Å²) in [6.45, 7) is 16.8. The number of nitrogens with zero attached hydrogens (tertiary/aromatic N) is 2. The standard InChI is InChI=1S/C36H70N5O3.ClH.2Rf/c1-6-8-10-12-14-16-18-20-24-35(43)38-27-22-26-37-29-31-40(32-34(42)33-41(3,4)5)30-23-28-39-36(44)25-21-19-17-15-13-11-9-7-2;;;/h1-2,6-7,34,37,42H,8-33H2,3-5H3,(H,38,43)(H,39,44);1H;;/q-1;;;/p-1. The molecule has 0 aliphatic rings. The van der Waals surface area contributed by atoms with Gasteiger partial charge in [0.25, 0.3) is 0 Å². The van der Waals surface area contributed by atoms with E-state index < -0.39 is 6.10 Å². The molecule has 0 aromatic heterocycles. The van der Waals surface area contributed by atoms with Crippen molar-refractivity contribution in [2.45, 2.75) is 122 Å². The third-order valence-corrected chi connectivity index (χ3v) is 7.71. The molecule has 8 nitrogen and oxygen atoms in total. The van der Waals surface area contributed by atoms with Crippen LogP contribution in [0.15, 0.2) is 12.2 Å². The van der Waals surface area contributed by atoms with Crippen LogP contribution in [0.3, 0.4) is 0 Å². The predicted octanol–water partition coefficient (Wildman–Crippen LogP) is 2.18. The fraction of sp³-hybridized carbons (Fsp3) is 0.833. The number of quaternary nitrogens is 1. The predicted molar refractivity (Wildman–Crippen MR) is 185 cm³/mol. The number of unbranched alkanes of at least 4 members (excludes halogenated alkanes) is 12. The Kier molecular flexibility index (Phi) is 38.0. The first-order valence-corrected chi connectivity index (χ1v) is 17.7. The molecule has 1 atom stereocenters. The van der Waals surface area contributed by atoms with Gasteiger partial charge < -0.3 is 51.1 Å². The summed E-state index contributed by atoms with van der Waals surface area (Å²) < 4.78 is 0.718. The van der Waals surface area contributed by atoms with Gasteiger partial charge in [0.05, 0.1) is 21.1 Å². The van der Waals surface area contributed by atoms with E-state index in [0.717, 1.165) is 94.9 Å². The van der Waals surface area contributed by atoms with Gasteiger partial charge in [-0.1, -0.05) is 77.0 Å². The molecule has 0 rings (SSSR count). The van der Waals surface area contributed by atoms with Gasteiger partial charge in [-0.2, -0.15) is 0 Å². The number of aliphatic hydroxyl groups is 1. The van der Waals surface area contributed by atoms with Crippen LogP contribution in [0.2, 0.25) is 0 Å². The number of halogens is 1. The first kappa shape index (κ1) is 50.4. The maximum atomic E-state index is 12.2. The molecule has 0 saturated heterocycles. The average Bonchev–Trinajstić information content (AvgIpc) is 2.96. The van der Waals surface area contributed by atoms with Gasteiger partial charge in [0.2, 0.25) is 11.8 Å². The van der Waals surface area contributed by atoms with E-state index in [0.29, 0.717) is 39.0 Å². The minimum absolute atomic E-state index is 0. The van der Waals surface area contributed by atoms with Crippen molar-refractivity contribution in [2.75, 3.05) is 73.5 Å². The van der Waals surface area contributed by atoms with E-state index in [-0.39, 0.29) is 24.2 Å². The zero-order chi connectivity index (χ0) is 32.7. The number of rotatable bonds is 33. The topological polar surface area (TPSA) is 93.7 Å². The number of likely N-dealkylation sites (N-methyl/N-ethyl adjacent to an activating group) is 1. The maximum absolute atomic E-state index is 12.2. The fourth-order valence-corrected chi connectivity index (χ4v) is 5.30. The van der Waals surface area contributed by atoms with Crippen molar-refractivity contribution in [3.63, 3.8) is 0 Å². The Morgan fingerprint density at radius 2 is 1.11 bits per heavy atom. The first-order valence-electron chi connectivity index (χ1n) is 17.7. The number of carbonyl (C=O) groups is 2. The van der Waals surface area contributed by atoms with E-state index in [1.165, 1.54) is 38.5 Å². The average molecular weight is 1190 g/mol. The van der Waals surface area contributed by atoms with Crippen molar-refractivity contribution >= 4 is 11.8 Å². The van der Waals surface area contributed by atoms with Crippen LogP contribution in [0.25, 0.3) is 0 Å². The normalized spacial score (nSPS) is 11.5. The molecular weight excluding hydrogens is 1120 g/mol. The molecule has 0 aliphatic heterocycles. The molecule has 0 aromatic carbocycles. The number of hydrogen-bond acceptors (Lipinski definition) is 5. The van der Waals surface area contributed by atoms with E-state index >= 15 is 0 Å². The zero-order valence-corrected chi connectivity index (χ0v) is 44.3. The SMILES string of the molecule is [CH-]=CCCCCCCCCC(=O)NCCCNCCN(CCCNC(=O)CCCCCCCCC=[CH-])CC(O)C[N+](C)(C)C.[Cl-].[Rf].[Rf]. The molecule has 0 fully saturated rings. The molecule has 270 valence electrons. The van der Waals surface area contributed by atoms with Gasteiger partial charge in [-0.15, -0.1) is 0 Å². The zero-order valence-electron chi connectivity index (χ0n) is 30.7. The number of allylic oxidation sites excluding steroid dienone is 2. The molecule has 1 unspecified atom stereocenters. The second-order valence-corrected chi connectivity index (χ2v) is 13.4. The van der Waals surface area contributed by atoms with Crippen LogP contribution in [0.4, 0.5) is 0 Å². The van der Waals surface area contributed by atoms with E-state index in [9.17, 15) is 14.7 Å². The van der Waals surface area contributed by atoms with Gasteiger partial charge in [0.1, 0.15) is 12.6 Å². The van der Waals surface area contributed by atoms with Crippen LogP contribution in [-0.2, 0) is 9.59 Å². The smallest absolute Gasteiger partial charge is 0.219 e. The molecular formula is C36H70ClN5O3Rf2-2. The first-order chi connectivity index (χ1) is 21.2. The summed E-state index contributed by atoms with van der Waals surface area (Å²) in [4.78, 5) is 26.6. The van der Waals surface area contributed by atoms with Gasteiger partial charge in [-0.05, 0) is 38.8 Å². The minimum Gasteiger partial charge on any atom is -1.00 e. The number of aliphatic hydroxyl groups excluding tert-OH is 1. The molecule has 0 radical (unpaired) electrons. The summed E-state index contributed by atoms with van der Waals surface area (Å²) in [5.74, 6) is 0.293. The summed E-state index contributed by atoms with van der Waals surface area (Å²) in [6, 6.07) is 0. The number of carbonyl (C=O) groups excluding carboxylic acids is 2. The number of nitrogens with one attached hydrogen (secondary N) is 3. The van der Waals surface area contributed by atoms with E-state index in [1.807, 2.05) is 0 Å². The van der Waals surface area contributed by atoms with Gasteiger partial charge in [-0.25, -0.2) is 0 Å². The Bertz CT molecular complexity index is 729. The van der Waals surface area contributed by atoms with E-state index in [2.05, 4.69) is 42.0 Å². The number of amides is 2. The van der Waals surface area contributed by atoms with Gasteiger partial charge in [0, 0.05) is 45.6 Å². The Morgan fingerprint density at radius 1 is 0.660 bits per heavy atom. The van der Waals surface area contributed by atoms with Crippen molar-refractivity contribution in [1.29, 1.82) is 0 Å². The van der Waals surface area contributed by atoms with Crippen LogP contribution in [0, 0.1) is 13.2 Å². The van der Waals surface area contributed by atoms with Gasteiger partial charge in [0.15, 0.2) is 0 Å². The maximum Gasteiger partial charge on any atom is 0.219 e. The summed E-state index contributed by atoms with van der Waals surface area (Å²) in [5.41, 5.74) is 0. The Hall–Kier alpha value is -3.45. The molecule has 0 aliphatic carbocycles. The fourth-order valence-electron chi connectivity index (χ4n) is 5.30. The molecule has 0 bridgehead atoms. The van der Waals surface area contributed by atoms with Crippen LogP contribution in [0.1, 0.15) is 116 Å². The van der Waals surface area contributed by atoms with Crippen molar-refractivity contribution in [3.8, 4) is 0 Å². The quantitative estimate of drug-likeness (QED) is 0.0461. The van der Waals surface area contributed by atoms with Crippen molar-refractivity contribution in [2.24, 2.45) is 0 Å². The molecule has 0 aromatic rings. The second-order valence-electron chi connectivity index (χ2n) is 13.4. The Balaban J connectivity index is -0.00000308. The Labute approximate surface area is 284 Å². The summed E-state index contributed by atoms with van der Waals surface area (Å²) in [6.07, 6.45) is 21.7. The molecule has 47 heavy (non-hydrogen) atoms.